The molecule has 0 spiro atoms. The van der Waals surface area contributed by atoms with Crippen LogP contribution in [0, 0.1) is 5.82 Å². The van der Waals surface area contributed by atoms with Crippen LogP contribution < -0.4 is 5.32 Å². The van der Waals surface area contributed by atoms with Gasteiger partial charge >= 0.3 is 0 Å². The first-order chi connectivity index (χ1) is 15.1. The molecule has 10 heteroatoms. The number of tetrazole rings is 1. The standard InChI is InChI=1S/C21H27FN6O3/c22-16-9-7-15(8-10-16)21-24-26-28(25-21)14-20(30)27(12-18-6-3-11-31-18)13-19(29)23-17-4-1-2-5-17/h7-10,17-18H,1-6,11-14H2,(H,23,29). The van der Waals surface area contributed by atoms with E-state index in [1.54, 1.807) is 12.1 Å². The molecule has 1 aliphatic heterocycles. The summed E-state index contributed by atoms with van der Waals surface area (Å²) in [5.74, 6) is -0.485. The minimum absolute atomic E-state index is 0.0191. The lowest BCUT2D eigenvalue weighted by atomic mass is 10.2. The number of nitrogens with zero attached hydrogens (tertiary/aromatic N) is 5. The second kappa shape index (κ2) is 9.95. The highest BCUT2D eigenvalue weighted by Gasteiger charge is 2.26. The van der Waals surface area contributed by atoms with Gasteiger partial charge in [-0.05, 0) is 55.2 Å². The molecule has 1 aliphatic carbocycles. The van der Waals surface area contributed by atoms with E-state index in [0.717, 1.165) is 38.5 Å². The minimum atomic E-state index is -0.355. The quantitative estimate of drug-likeness (QED) is 0.682. The van der Waals surface area contributed by atoms with Crippen LogP contribution in [-0.2, 0) is 20.9 Å². The first kappa shape index (κ1) is 21.4. The molecule has 0 bridgehead atoms. The summed E-state index contributed by atoms with van der Waals surface area (Å²) in [6.45, 7) is 0.870. The number of benzene rings is 1. The lowest BCUT2D eigenvalue weighted by Gasteiger charge is -2.25. The molecule has 2 aliphatic rings. The zero-order valence-corrected chi connectivity index (χ0v) is 17.4. The fraction of sp³-hybridized carbons (Fsp3) is 0.571. The van der Waals surface area contributed by atoms with Crippen LogP contribution >= 0.6 is 0 Å². The van der Waals surface area contributed by atoms with Gasteiger partial charge in [0.1, 0.15) is 12.4 Å². The van der Waals surface area contributed by atoms with Crippen molar-refractivity contribution < 1.29 is 18.7 Å². The molecule has 9 nitrogen and oxygen atoms in total. The average molecular weight is 430 g/mol. The topological polar surface area (TPSA) is 102 Å². The predicted molar refractivity (Wildman–Crippen MR) is 109 cm³/mol. The average Bonchev–Trinajstić information content (AvgIpc) is 3.51. The summed E-state index contributed by atoms with van der Waals surface area (Å²) in [6, 6.07) is 5.93. The Labute approximate surface area is 179 Å². The molecule has 1 unspecified atom stereocenters. The van der Waals surface area contributed by atoms with E-state index < -0.39 is 0 Å². The fourth-order valence-electron chi connectivity index (χ4n) is 4.05. The third kappa shape index (κ3) is 5.84. The van der Waals surface area contributed by atoms with Crippen molar-refractivity contribution in [2.45, 2.75) is 57.2 Å². The molecule has 1 atom stereocenters. The van der Waals surface area contributed by atoms with E-state index in [0.29, 0.717) is 24.5 Å². The van der Waals surface area contributed by atoms with Crippen molar-refractivity contribution in [2.75, 3.05) is 19.7 Å². The summed E-state index contributed by atoms with van der Waals surface area (Å²) in [4.78, 5) is 28.2. The van der Waals surface area contributed by atoms with Crippen molar-refractivity contribution in [2.24, 2.45) is 0 Å². The zero-order valence-electron chi connectivity index (χ0n) is 17.4. The van der Waals surface area contributed by atoms with Gasteiger partial charge in [-0.2, -0.15) is 4.80 Å². The maximum absolute atomic E-state index is 13.1. The zero-order chi connectivity index (χ0) is 21.6. The Hall–Kier alpha value is -2.88. The van der Waals surface area contributed by atoms with Gasteiger partial charge in [-0.1, -0.05) is 12.8 Å². The molecular formula is C21H27FN6O3. The van der Waals surface area contributed by atoms with E-state index in [1.165, 1.54) is 21.8 Å². The Bertz CT molecular complexity index is 891. The number of hydrogen-bond acceptors (Lipinski definition) is 6. The summed E-state index contributed by atoms with van der Waals surface area (Å²) >= 11 is 0. The van der Waals surface area contributed by atoms with Gasteiger partial charge in [-0.25, -0.2) is 4.39 Å². The minimum Gasteiger partial charge on any atom is -0.376 e. The molecule has 2 heterocycles. The third-order valence-electron chi connectivity index (χ3n) is 5.69. The summed E-state index contributed by atoms with van der Waals surface area (Å²) in [7, 11) is 0. The monoisotopic (exact) mass is 430 g/mol. The Morgan fingerprint density at radius 3 is 2.65 bits per heavy atom. The summed E-state index contributed by atoms with van der Waals surface area (Å²) in [5, 5.41) is 15.1. The molecule has 31 heavy (non-hydrogen) atoms. The van der Waals surface area contributed by atoms with E-state index in [9.17, 15) is 14.0 Å². The number of carbonyl (C=O) groups excluding carboxylic acids is 2. The normalized spacial score (nSPS) is 18.9. The fourth-order valence-corrected chi connectivity index (χ4v) is 4.05. The maximum Gasteiger partial charge on any atom is 0.246 e. The van der Waals surface area contributed by atoms with E-state index in [2.05, 4.69) is 20.7 Å². The Morgan fingerprint density at radius 1 is 1.16 bits per heavy atom. The number of halogens is 1. The van der Waals surface area contributed by atoms with Crippen LogP contribution in [-0.4, -0.2) is 68.8 Å². The van der Waals surface area contributed by atoms with Crippen LogP contribution in [0.3, 0.4) is 0 Å². The Balaban J connectivity index is 1.39. The van der Waals surface area contributed by atoms with Gasteiger partial charge in [-0.15, -0.1) is 10.2 Å². The second-order valence-electron chi connectivity index (χ2n) is 8.11. The molecule has 2 amide bonds. The van der Waals surface area contributed by atoms with Crippen LogP contribution in [0.25, 0.3) is 11.4 Å². The molecule has 1 aromatic carbocycles. The number of amides is 2. The van der Waals surface area contributed by atoms with Gasteiger partial charge < -0.3 is 15.0 Å². The van der Waals surface area contributed by atoms with Crippen LogP contribution in [0.2, 0.25) is 0 Å². The summed E-state index contributed by atoms with van der Waals surface area (Å²) < 4.78 is 18.8. The molecule has 1 saturated carbocycles. The lowest BCUT2D eigenvalue weighted by molar-refractivity contribution is -0.138. The predicted octanol–water partition coefficient (Wildman–Crippen LogP) is 1.55. The summed E-state index contributed by atoms with van der Waals surface area (Å²) in [6.07, 6.45) is 5.97. The SMILES string of the molecule is O=C(CN(CC1CCCO1)C(=O)Cn1nnc(-c2ccc(F)cc2)n1)NC1CCCC1. The number of carbonyl (C=O) groups is 2. The smallest absolute Gasteiger partial charge is 0.246 e. The molecule has 1 saturated heterocycles. The van der Waals surface area contributed by atoms with Crippen molar-refractivity contribution in [1.29, 1.82) is 0 Å². The van der Waals surface area contributed by atoms with Crippen LogP contribution in [0.5, 0.6) is 0 Å². The van der Waals surface area contributed by atoms with Gasteiger partial charge in [0, 0.05) is 24.8 Å². The number of aromatic nitrogens is 4. The van der Waals surface area contributed by atoms with Gasteiger partial charge in [0.2, 0.25) is 17.6 Å². The molecule has 2 aromatic rings. The lowest BCUT2D eigenvalue weighted by Crippen LogP contribution is -2.47. The highest BCUT2D eigenvalue weighted by molar-refractivity contribution is 5.84. The number of hydrogen-bond donors (Lipinski definition) is 1. The van der Waals surface area contributed by atoms with Crippen molar-refractivity contribution in [3.8, 4) is 11.4 Å². The molecule has 0 radical (unpaired) electrons. The van der Waals surface area contributed by atoms with Gasteiger partial charge in [0.25, 0.3) is 0 Å². The number of ether oxygens (including phenoxy) is 1. The van der Waals surface area contributed by atoms with Crippen molar-refractivity contribution in [3.05, 3.63) is 30.1 Å². The molecular weight excluding hydrogens is 403 g/mol. The third-order valence-corrected chi connectivity index (χ3v) is 5.69. The highest BCUT2D eigenvalue weighted by atomic mass is 19.1. The number of nitrogens with one attached hydrogen (secondary N) is 1. The molecule has 1 N–H and O–H groups in total. The first-order valence-electron chi connectivity index (χ1n) is 10.8. The maximum atomic E-state index is 13.1. The Kier molecular flexibility index (Phi) is 6.86. The van der Waals surface area contributed by atoms with E-state index >= 15 is 0 Å². The van der Waals surface area contributed by atoms with Crippen LogP contribution in [0.15, 0.2) is 24.3 Å². The molecule has 1 aromatic heterocycles. The van der Waals surface area contributed by atoms with Crippen molar-refractivity contribution >= 4 is 11.8 Å². The van der Waals surface area contributed by atoms with E-state index in [-0.39, 0.29) is 42.9 Å². The highest BCUT2D eigenvalue weighted by Crippen LogP contribution is 2.18. The summed E-state index contributed by atoms with van der Waals surface area (Å²) in [5.41, 5.74) is 0.604. The van der Waals surface area contributed by atoms with Crippen molar-refractivity contribution in [1.82, 2.24) is 30.4 Å². The first-order valence-corrected chi connectivity index (χ1v) is 10.8. The van der Waals surface area contributed by atoms with Gasteiger partial charge in [-0.3, -0.25) is 9.59 Å². The van der Waals surface area contributed by atoms with Crippen LogP contribution in [0.1, 0.15) is 38.5 Å². The van der Waals surface area contributed by atoms with Gasteiger partial charge in [0.15, 0.2) is 0 Å². The largest absolute Gasteiger partial charge is 0.376 e. The van der Waals surface area contributed by atoms with E-state index in [1.807, 2.05) is 0 Å². The molecule has 166 valence electrons. The molecule has 2 fully saturated rings. The number of rotatable bonds is 8. The van der Waals surface area contributed by atoms with Crippen LogP contribution in [0.4, 0.5) is 4.39 Å². The molecule has 4 rings (SSSR count). The van der Waals surface area contributed by atoms with Crippen molar-refractivity contribution in [3.63, 3.8) is 0 Å². The van der Waals surface area contributed by atoms with E-state index in [4.69, 9.17) is 4.74 Å². The Morgan fingerprint density at radius 2 is 1.94 bits per heavy atom. The van der Waals surface area contributed by atoms with Gasteiger partial charge in [0.05, 0.1) is 12.6 Å². The second-order valence-corrected chi connectivity index (χ2v) is 8.11.